The molecule has 0 aromatic heterocycles. The SMILES string of the molecule is CC(C)(C)C1=NN(c2ccc(C(=O)O)cc2)C(c2cccc(Cl)c2)C1.CC(C)(C)C1=NN(c2ccc(C(=O)O)cc2)C(c2cccc(F)c2)C1.CC(C)(C)C1=NN(c2ccc(C(=O)O)cc2)C(c2ccccc2Cl)C1.CC(C)(C)C1=NN(c2ccc(C(=O)O)cc2)C(c2ccccc2F)C1.CC(C)(C)C1=NN(c2ccc(OC=O)cc2)C(c2ccc(Cl)cc2)C1.CC(C)(C)C1=NN(c2ccc(OC=O)cc2)C(c2ccccc2)C1. The van der Waals surface area contributed by atoms with Gasteiger partial charge in [-0.25, -0.2) is 28.0 Å². The molecular weight excluding hydrogens is 1950 g/mol. The Balaban J connectivity index is 0.000000149. The van der Waals surface area contributed by atoms with Crippen molar-refractivity contribution in [2.75, 3.05) is 30.1 Å². The first kappa shape index (κ1) is 111. The molecule has 6 atom stereocenters. The minimum atomic E-state index is -0.975. The van der Waals surface area contributed by atoms with Gasteiger partial charge in [0.1, 0.15) is 23.1 Å². The van der Waals surface area contributed by atoms with Crippen LogP contribution in [-0.2, 0) is 9.59 Å². The summed E-state index contributed by atoms with van der Waals surface area (Å²) in [6.45, 7) is 39.4. The third-order valence-corrected chi connectivity index (χ3v) is 27.0. The fourth-order valence-electron chi connectivity index (χ4n) is 17.5. The molecule has 0 radical (unpaired) electrons. The van der Waals surface area contributed by atoms with E-state index in [0.717, 1.165) is 110 Å². The van der Waals surface area contributed by atoms with Gasteiger partial charge >= 0.3 is 23.9 Å². The Bertz CT molecular complexity index is 6670. The van der Waals surface area contributed by atoms with Crippen LogP contribution >= 0.6 is 34.8 Å². The summed E-state index contributed by atoms with van der Waals surface area (Å²) in [5, 5.41) is 79.1. The first-order valence-corrected chi connectivity index (χ1v) is 50.3. The van der Waals surface area contributed by atoms with Gasteiger partial charge in [0.2, 0.25) is 0 Å². The molecule has 0 fully saturated rings. The quantitative estimate of drug-likeness (QED) is 0.0516. The average Bonchev–Trinajstić information content (AvgIpc) is 1.67. The number of rotatable bonds is 20. The van der Waals surface area contributed by atoms with Gasteiger partial charge in [0, 0.05) is 126 Å². The van der Waals surface area contributed by atoms with Crippen molar-refractivity contribution >= 4 is 140 Å². The van der Waals surface area contributed by atoms with Crippen molar-refractivity contribution in [1.29, 1.82) is 0 Å². The predicted molar refractivity (Wildman–Crippen MR) is 594 cm³/mol. The maximum absolute atomic E-state index is 14.4. The van der Waals surface area contributed by atoms with Crippen LogP contribution in [0.3, 0.4) is 0 Å². The number of anilines is 6. The summed E-state index contributed by atoms with van der Waals surface area (Å²) < 4.78 is 37.8. The highest BCUT2D eigenvalue weighted by molar-refractivity contribution is 6.31. The lowest BCUT2D eigenvalue weighted by molar-refractivity contribution is -0.121. The monoisotopic (exact) mass is 2070 g/mol. The summed E-state index contributed by atoms with van der Waals surface area (Å²) in [5.41, 5.74) is 18.4. The third-order valence-electron chi connectivity index (χ3n) is 26.2. The molecule has 0 saturated heterocycles. The zero-order valence-corrected chi connectivity index (χ0v) is 89.2. The average molecular weight is 2070 g/mol. The summed E-state index contributed by atoms with van der Waals surface area (Å²) in [4.78, 5) is 65.2. The second-order valence-corrected chi connectivity index (χ2v) is 44.4. The van der Waals surface area contributed by atoms with Crippen molar-refractivity contribution in [3.8, 4) is 11.5 Å². The number of aromatic carboxylic acids is 4. The Labute approximate surface area is 885 Å². The summed E-state index contributed by atoms with van der Waals surface area (Å²) in [7, 11) is 0. The molecule has 0 saturated carbocycles. The molecule has 149 heavy (non-hydrogen) atoms. The number of ether oxygens (including phenoxy) is 2. The van der Waals surface area contributed by atoms with E-state index in [1.807, 2.05) is 129 Å². The van der Waals surface area contributed by atoms with Crippen LogP contribution in [0.4, 0.5) is 42.9 Å². The Morgan fingerprint density at radius 2 is 0.537 bits per heavy atom. The molecule has 12 aromatic carbocycles. The number of carboxylic acid groups (broad SMARTS) is 4. The molecule has 0 bridgehead atoms. The fraction of sp³-hybridized carbons (Fsp3) is 0.300. The molecule has 29 heteroatoms. The highest BCUT2D eigenvalue weighted by Crippen LogP contribution is 2.49. The molecule has 774 valence electrons. The third kappa shape index (κ3) is 28.5. The number of hydrogen-bond donors (Lipinski definition) is 4. The van der Waals surface area contributed by atoms with Gasteiger partial charge in [0.05, 0.1) is 92.6 Å². The zero-order chi connectivity index (χ0) is 108. The molecule has 4 N–H and O–H groups in total. The predicted octanol–water partition coefficient (Wildman–Crippen LogP) is 30.3. The maximum Gasteiger partial charge on any atom is 0.335 e. The molecule has 0 spiro atoms. The van der Waals surface area contributed by atoms with E-state index in [4.69, 9.17) is 95.3 Å². The smallest absolute Gasteiger partial charge is 0.335 e. The second-order valence-electron chi connectivity index (χ2n) is 43.1. The number of carbonyl (C=O) groups is 6. The van der Waals surface area contributed by atoms with E-state index in [2.05, 4.69) is 160 Å². The minimum absolute atomic E-state index is 0.00000501. The van der Waals surface area contributed by atoms with E-state index >= 15 is 0 Å². The summed E-state index contributed by atoms with van der Waals surface area (Å²) in [6, 6.07) is 88.8. The van der Waals surface area contributed by atoms with Crippen LogP contribution in [0.2, 0.25) is 15.1 Å². The van der Waals surface area contributed by atoms with Crippen molar-refractivity contribution in [1.82, 2.24) is 0 Å². The molecule has 6 unspecified atom stereocenters. The van der Waals surface area contributed by atoms with Crippen LogP contribution < -0.4 is 39.5 Å². The van der Waals surface area contributed by atoms with E-state index in [-0.39, 0.29) is 103 Å². The molecule has 18 rings (SSSR count). The van der Waals surface area contributed by atoms with Gasteiger partial charge in [-0.05, 0) is 222 Å². The van der Waals surface area contributed by atoms with Crippen LogP contribution in [0, 0.1) is 44.1 Å². The van der Waals surface area contributed by atoms with Gasteiger partial charge < -0.3 is 29.9 Å². The van der Waals surface area contributed by atoms with Gasteiger partial charge in [-0.15, -0.1) is 0 Å². The lowest BCUT2D eigenvalue weighted by Gasteiger charge is -2.25. The number of hydrogen-bond acceptors (Lipinski definition) is 20. The van der Waals surface area contributed by atoms with Crippen molar-refractivity contribution in [3.05, 3.63) is 380 Å². The van der Waals surface area contributed by atoms with E-state index in [9.17, 15) is 37.5 Å². The summed E-state index contributed by atoms with van der Waals surface area (Å²) in [6.07, 6.45) is 4.69. The van der Waals surface area contributed by atoms with E-state index in [1.165, 1.54) is 35.0 Å². The van der Waals surface area contributed by atoms with Gasteiger partial charge in [-0.2, -0.15) is 30.6 Å². The molecule has 12 aromatic rings. The first-order chi connectivity index (χ1) is 70.4. The summed E-state index contributed by atoms with van der Waals surface area (Å²) in [5.74, 6) is -3.29. The number of carboxylic acids is 4. The van der Waals surface area contributed by atoms with Gasteiger partial charge in [0.15, 0.2) is 0 Å². The summed E-state index contributed by atoms with van der Waals surface area (Å²) >= 11 is 18.6. The Morgan fingerprint density at radius 3 is 0.832 bits per heavy atom. The van der Waals surface area contributed by atoms with E-state index in [0.29, 0.717) is 52.9 Å². The van der Waals surface area contributed by atoms with Gasteiger partial charge in [-0.1, -0.05) is 263 Å². The number of carbonyl (C=O) groups excluding carboxylic acids is 2. The number of nitrogens with zero attached hydrogens (tertiary/aromatic N) is 12. The normalized spacial score (nSPS) is 17.5. The van der Waals surface area contributed by atoms with Crippen molar-refractivity contribution in [3.63, 3.8) is 0 Å². The Hall–Kier alpha value is -15.0. The van der Waals surface area contributed by atoms with Crippen molar-refractivity contribution in [2.24, 2.45) is 63.1 Å². The van der Waals surface area contributed by atoms with Crippen LogP contribution in [0.15, 0.2) is 328 Å². The van der Waals surface area contributed by atoms with Gasteiger partial charge in [-0.3, -0.25) is 39.6 Å². The standard InChI is InChI=1S/3C20H21ClN2O2.2C20H21FN2O2.C20H22N2O2/c1-20(2,3)19-12-18(14-4-6-15(21)7-5-14)23(22-19)16-8-10-17(11-9-16)25-13-24;1-20(2,3)18-12-17(14-5-4-6-15(21)11-14)23(22-18)16-9-7-13(8-10-16)19(24)25;1-20(2,3)18-12-17(15-6-4-5-7-16(15)21)23(22-18)14-10-8-13(9-11-14)19(24)25;1-20(2,3)18-12-17(14-5-4-6-15(21)11-14)23(22-18)16-9-7-13(8-10-16)19(24)25;1-20(2,3)18-12-17(15-6-4-5-7-16(15)21)23(22-18)14-10-8-13(9-11-14)19(24)25;1-20(2,3)19-13-18(15-7-5-4-6-8-15)22(21-19)16-9-11-17(12-10-16)24-14-23/h4-11,13,18H,12H2,1-3H3;4*4-11,17H,12H2,1-3H3,(H,24,25);4-12,14,18H,13H2,1-3H3. The van der Waals surface area contributed by atoms with Crippen molar-refractivity contribution < 1.29 is 67.4 Å². The van der Waals surface area contributed by atoms with Crippen LogP contribution in [0.5, 0.6) is 11.5 Å². The highest BCUT2D eigenvalue weighted by atomic mass is 35.5. The fourth-order valence-corrected chi connectivity index (χ4v) is 18.1. The molecule has 6 aliphatic heterocycles. The molecule has 6 aliphatic rings. The van der Waals surface area contributed by atoms with Crippen molar-refractivity contribution in [2.45, 2.75) is 199 Å². The lowest BCUT2D eigenvalue weighted by Crippen LogP contribution is -2.20. The molecule has 24 nitrogen and oxygen atoms in total. The highest BCUT2D eigenvalue weighted by Gasteiger charge is 2.42. The largest absolute Gasteiger partial charge is 0.478 e. The molecule has 0 amide bonds. The lowest BCUT2D eigenvalue weighted by atomic mass is 9.85. The molecule has 6 heterocycles. The molecule has 0 aliphatic carbocycles. The number of halogens is 5. The topological polar surface area (TPSA) is 295 Å². The second kappa shape index (κ2) is 47.5. The van der Waals surface area contributed by atoms with E-state index in [1.54, 1.807) is 145 Å². The number of benzene rings is 12. The van der Waals surface area contributed by atoms with Crippen LogP contribution in [0.25, 0.3) is 0 Å². The van der Waals surface area contributed by atoms with Gasteiger partial charge in [0.25, 0.3) is 12.9 Å². The zero-order valence-electron chi connectivity index (χ0n) is 87.0. The Morgan fingerprint density at radius 1 is 0.282 bits per heavy atom. The number of hydrazone groups is 6. The maximum atomic E-state index is 14.4. The van der Waals surface area contributed by atoms with Crippen LogP contribution in [0.1, 0.15) is 274 Å². The van der Waals surface area contributed by atoms with Crippen LogP contribution in [-0.4, -0.2) is 91.5 Å². The Kier molecular flexibility index (Phi) is 35.4. The molecular formula is C120H127Cl3F2N12O12. The minimum Gasteiger partial charge on any atom is -0.478 e. The first-order valence-electron chi connectivity index (χ1n) is 49.2. The van der Waals surface area contributed by atoms with E-state index < -0.39 is 23.9 Å².